The van der Waals surface area contributed by atoms with Crippen LogP contribution in [0.25, 0.3) is 6.08 Å². The minimum Gasteiger partial charge on any atom is -0.282 e. The molecule has 0 atom stereocenters. The Morgan fingerprint density at radius 1 is 1.36 bits per heavy atom. The molecule has 0 fully saturated rings. The number of nitrogens with one attached hydrogen (secondary N) is 1. The van der Waals surface area contributed by atoms with Crippen molar-refractivity contribution in [3.8, 4) is 0 Å². The molecule has 0 radical (unpaired) electrons. The van der Waals surface area contributed by atoms with Crippen LogP contribution < -0.4 is 0 Å². The molecular weight excluding hydrogens is 296 g/mol. The number of carbonyl (C=O) groups is 1. The van der Waals surface area contributed by atoms with Gasteiger partial charge in [0.1, 0.15) is 5.04 Å². The van der Waals surface area contributed by atoms with Gasteiger partial charge in [-0.05, 0) is 30.3 Å². The van der Waals surface area contributed by atoms with Gasteiger partial charge in [-0.25, -0.2) is 0 Å². The first-order chi connectivity index (χ1) is 10.5. The third-order valence-corrected chi connectivity index (χ3v) is 4.53. The van der Waals surface area contributed by atoms with Gasteiger partial charge in [0.15, 0.2) is 5.84 Å². The van der Waals surface area contributed by atoms with Crippen LogP contribution in [0.4, 0.5) is 0 Å². The molecule has 22 heavy (non-hydrogen) atoms. The zero-order valence-electron chi connectivity index (χ0n) is 12.6. The maximum absolute atomic E-state index is 12.2. The number of aryl methyl sites for hydroxylation is 1. The molecule has 3 rings (SSSR count). The topological polar surface area (TPSA) is 68.9 Å². The van der Waals surface area contributed by atoms with E-state index < -0.39 is 0 Å². The molecule has 112 valence electrons. The molecule has 0 spiro atoms. The molecule has 6 heteroatoms. The van der Waals surface area contributed by atoms with Gasteiger partial charge in [-0.1, -0.05) is 43.7 Å². The third-order valence-electron chi connectivity index (χ3n) is 3.32. The molecule has 2 aliphatic rings. The fourth-order valence-electron chi connectivity index (χ4n) is 2.17. The van der Waals surface area contributed by atoms with Gasteiger partial charge >= 0.3 is 0 Å². The predicted octanol–water partition coefficient (Wildman–Crippen LogP) is 3.27. The van der Waals surface area contributed by atoms with Crippen molar-refractivity contribution in [3.05, 3.63) is 41.0 Å². The van der Waals surface area contributed by atoms with Crippen molar-refractivity contribution in [2.24, 2.45) is 16.0 Å². The number of carbonyl (C=O) groups excluding carboxylic acids is 1. The van der Waals surface area contributed by atoms with E-state index in [9.17, 15) is 4.79 Å². The van der Waals surface area contributed by atoms with Gasteiger partial charge in [0.25, 0.3) is 5.91 Å². The molecular formula is C16H16N4OS. The lowest BCUT2D eigenvalue weighted by molar-refractivity contribution is -0.114. The number of thioether (sulfide) groups is 1. The Labute approximate surface area is 133 Å². The van der Waals surface area contributed by atoms with Gasteiger partial charge in [0.05, 0.1) is 5.57 Å². The fourth-order valence-corrected chi connectivity index (χ4v) is 3.06. The molecule has 0 bridgehead atoms. The predicted molar refractivity (Wildman–Crippen MR) is 91.0 cm³/mol. The summed E-state index contributed by atoms with van der Waals surface area (Å²) < 4.78 is 0. The lowest BCUT2D eigenvalue weighted by atomic mass is 10.1. The minimum absolute atomic E-state index is 0.0830. The van der Waals surface area contributed by atoms with E-state index in [1.807, 2.05) is 45.0 Å². The van der Waals surface area contributed by atoms with Crippen molar-refractivity contribution >= 4 is 39.8 Å². The second kappa shape index (κ2) is 5.53. The lowest BCUT2D eigenvalue weighted by Crippen LogP contribution is -2.35. The highest BCUT2D eigenvalue weighted by atomic mass is 32.2. The second-order valence-electron chi connectivity index (χ2n) is 5.53. The Morgan fingerprint density at radius 2 is 2.14 bits per heavy atom. The van der Waals surface area contributed by atoms with Crippen LogP contribution in [0.1, 0.15) is 25.0 Å². The molecule has 1 amide bonds. The van der Waals surface area contributed by atoms with E-state index in [2.05, 4.69) is 10.1 Å². The number of benzene rings is 1. The van der Waals surface area contributed by atoms with E-state index in [0.29, 0.717) is 5.17 Å². The van der Waals surface area contributed by atoms with E-state index >= 15 is 0 Å². The molecule has 1 aromatic rings. The normalized spacial score (nSPS) is 19.6. The smallest absolute Gasteiger partial charge is 0.282 e. The maximum atomic E-state index is 12.2. The van der Waals surface area contributed by atoms with Crippen molar-refractivity contribution in [2.75, 3.05) is 0 Å². The summed E-state index contributed by atoms with van der Waals surface area (Å²) in [7, 11) is 0. The SMILES string of the molecule is Cc1cccc(/C=C2/C(=N)N3N=C(C(C)C)SC3=NC2=O)c1. The molecule has 0 aromatic heterocycles. The van der Waals surface area contributed by atoms with Gasteiger partial charge in [-0.15, -0.1) is 0 Å². The quantitative estimate of drug-likeness (QED) is 0.852. The Kier molecular flexibility index (Phi) is 3.70. The average Bonchev–Trinajstić information content (AvgIpc) is 2.88. The van der Waals surface area contributed by atoms with Crippen LogP contribution in [-0.2, 0) is 4.79 Å². The summed E-state index contributed by atoms with van der Waals surface area (Å²) in [6.07, 6.45) is 1.70. The number of nitrogens with zero attached hydrogens (tertiary/aromatic N) is 3. The average molecular weight is 312 g/mol. The maximum Gasteiger partial charge on any atom is 0.283 e. The van der Waals surface area contributed by atoms with E-state index in [1.165, 1.54) is 16.8 Å². The summed E-state index contributed by atoms with van der Waals surface area (Å²) in [5, 5.41) is 15.5. The lowest BCUT2D eigenvalue weighted by Gasteiger charge is -2.20. The largest absolute Gasteiger partial charge is 0.283 e. The van der Waals surface area contributed by atoms with Crippen LogP contribution in [-0.4, -0.2) is 27.0 Å². The monoisotopic (exact) mass is 312 g/mol. The zero-order chi connectivity index (χ0) is 15.9. The second-order valence-corrected chi connectivity index (χ2v) is 6.51. The van der Waals surface area contributed by atoms with Crippen LogP contribution >= 0.6 is 11.8 Å². The van der Waals surface area contributed by atoms with Crippen molar-refractivity contribution in [1.82, 2.24) is 5.01 Å². The van der Waals surface area contributed by atoms with Crippen LogP contribution in [0.5, 0.6) is 0 Å². The standard InChI is InChI=1S/C16H16N4OS/c1-9(2)15-19-20-13(17)12(14(21)18-16(20)22-15)8-11-6-4-5-10(3)7-11/h4-9,17H,1-3H3/b12-8-,17-13?. The number of hydrazone groups is 1. The number of hydrogen-bond donors (Lipinski definition) is 1. The number of fused-ring (bicyclic) bond motifs is 1. The molecule has 0 aliphatic carbocycles. The van der Waals surface area contributed by atoms with Crippen molar-refractivity contribution in [3.63, 3.8) is 0 Å². The summed E-state index contributed by atoms with van der Waals surface area (Å²) in [4.78, 5) is 16.3. The van der Waals surface area contributed by atoms with Gasteiger partial charge < -0.3 is 0 Å². The highest BCUT2D eigenvalue weighted by molar-refractivity contribution is 8.27. The summed E-state index contributed by atoms with van der Waals surface area (Å²) in [5.74, 6) is -0.0597. The van der Waals surface area contributed by atoms with Crippen molar-refractivity contribution in [1.29, 1.82) is 5.41 Å². The van der Waals surface area contributed by atoms with Crippen LogP contribution in [0.15, 0.2) is 39.9 Å². The Hall–Kier alpha value is -2.21. The number of hydrogen-bond acceptors (Lipinski definition) is 4. The Morgan fingerprint density at radius 3 is 2.82 bits per heavy atom. The van der Waals surface area contributed by atoms with Crippen LogP contribution in [0.2, 0.25) is 0 Å². The first kappa shape index (κ1) is 14.7. The van der Waals surface area contributed by atoms with E-state index in [-0.39, 0.29) is 23.2 Å². The zero-order valence-corrected chi connectivity index (χ0v) is 13.4. The highest BCUT2D eigenvalue weighted by Crippen LogP contribution is 2.30. The number of aliphatic imine (C=N–C) groups is 1. The van der Waals surface area contributed by atoms with E-state index in [1.54, 1.807) is 6.08 Å². The Balaban J connectivity index is 1.99. The molecule has 5 nitrogen and oxygen atoms in total. The minimum atomic E-state index is -0.384. The molecule has 2 heterocycles. The van der Waals surface area contributed by atoms with Crippen molar-refractivity contribution in [2.45, 2.75) is 20.8 Å². The summed E-state index contributed by atoms with van der Waals surface area (Å²) in [5.41, 5.74) is 2.25. The molecule has 0 saturated carbocycles. The molecule has 1 N–H and O–H groups in total. The van der Waals surface area contributed by atoms with Gasteiger partial charge in [0.2, 0.25) is 5.17 Å². The van der Waals surface area contributed by atoms with E-state index in [4.69, 9.17) is 5.41 Å². The summed E-state index contributed by atoms with van der Waals surface area (Å²) in [6.45, 7) is 6.04. The van der Waals surface area contributed by atoms with Gasteiger partial charge in [-0.2, -0.15) is 15.1 Å². The third kappa shape index (κ3) is 2.62. The van der Waals surface area contributed by atoms with Crippen LogP contribution in [0.3, 0.4) is 0 Å². The van der Waals surface area contributed by atoms with Crippen molar-refractivity contribution < 1.29 is 4.79 Å². The first-order valence-electron chi connectivity index (χ1n) is 7.02. The summed E-state index contributed by atoms with van der Waals surface area (Å²) in [6, 6.07) is 7.78. The van der Waals surface area contributed by atoms with Crippen LogP contribution in [0, 0.1) is 18.3 Å². The fraction of sp³-hybridized carbons (Fsp3) is 0.250. The number of amides is 1. The number of rotatable bonds is 2. The highest BCUT2D eigenvalue weighted by Gasteiger charge is 2.36. The molecule has 2 aliphatic heterocycles. The molecule has 0 saturated heterocycles. The number of amidine groups is 2. The van der Waals surface area contributed by atoms with Gasteiger partial charge in [-0.3, -0.25) is 10.2 Å². The first-order valence-corrected chi connectivity index (χ1v) is 7.84. The van der Waals surface area contributed by atoms with Gasteiger partial charge in [0, 0.05) is 5.92 Å². The summed E-state index contributed by atoms with van der Waals surface area (Å²) >= 11 is 1.36. The molecule has 0 unspecified atom stereocenters. The Bertz CT molecular complexity index is 761. The van der Waals surface area contributed by atoms with E-state index in [0.717, 1.165) is 16.2 Å². The molecule has 1 aromatic carbocycles.